The third-order valence-electron chi connectivity index (χ3n) is 2.67. The van der Waals surface area contributed by atoms with Crippen molar-refractivity contribution in [2.24, 2.45) is 5.73 Å². The van der Waals surface area contributed by atoms with Crippen LogP contribution in [0.3, 0.4) is 0 Å². The SMILES string of the molecule is CC(N)C(OCc1ccco1)c1ccccc1Cl. The van der Waals surface area contributed by atoms with Crippen molar-refractivity contribution in [1.29, 1.82) is 0 Å². The van der Waals surface area contributed by atoms with Crippen molar-refractivity contribution in [3.63, 3.8) is 0 Å². The van der Waals surface area contributed by atoms with Gasteiger partial charge in [-0.3, -0.25) is 0 Å². The molecule has 1 aromatic heterocycles. The van der Waals surface area contributed by atoms with E-state index in [4.69, 9.17) is 26.5 Å². The summed E-state index contributed by atoms with van der Waals surface area (Å²) in [5.41, 5.74) is 6.87. The topological polar surface area (TPSA) is 48.4 Å². The number of rotatable bonds is 5. The standard InChI is InChI=1S/C14H16ClNO2/c1-10(16)14(12-6-2-3-7-13(12)15)18-9-11-5-4-8-17-11/h2-8,10,14H,9,16H2,1H3. The molecule has 1 heterocycles. The third-order valence-corrected chi connectivity index (χ3v) is 3.02. The Labute approximate surface area is 111 Å². The van der Waals surface area contributed by atoms with Crippen LogP contribution in [0.4, 0.5) is 0 Å². The normalized spacial score (nSPS) is 14.4. The lowest BCUT2D eigenvalue weighted by molar-refractivity contribution is 0.0170. The molecule has 2 rings (SSSR count). The van der Waals surface area contributed by atoms with Gasteiger partial charge >= 0.3 is 0 Å². The molecule has 1 aromatic carbocycles. The molecular weight excluding hydrogens is 250 g/mol. The maximum absolute atomic E-state index is 6.16. The number of hydrogen-bond donors (Lipinski definition) is 1. The Morgan fingerprint density at radius 2 is 2.06 bits per heavy atom. The highest BCUT2D eigenvalue weighted by Crippen LogP contribution is 2.28. The Morgan fingerprint density at radius 3 is 2.67 bits per heavy atom. The number of ether oxygens (including phenoxy) is 1. The predicted molar refractivity (Wildman–Crippen MR) is 71.3 cm³/mol. The van der Waals surface area contributed by atoms with Crippen LogP contribution in [0.15, 0.2) is 47.1 Å². The summed E-state index contributed by atoms with van der Waals surface area (Å²) >= 11 is 6.16. The van der Waals surface area contributed by atoms with E-state index >= 15 is 0 Å². The summed E-state index contributed by atoms with van der Waals surface area (Å²) in [6, 6.07) is 11.1. The maximum atomic E-state index is 6.16. The van der Waals surface area contributed by atoms with Crippen molar-refractivity contribution in [2.45, 2.75) is 25.7 Å². The van der Waals surface area contributed by atoms with E-state index in [0.717, 1.165) is 11.3 Å². The molecule has 0 amide bonds. The highest BCUT2D eigenvalue weighted by Gasteiger charge is 2.19. The Morgan fingerprint density at radius 1 is 1.28 bits per heavy atom. The molecule has 2 atom stereocenters. The average molecular weight is 266 g/mol. The summed E-state index contributed by atoms with van der Waals surface area (Å²) in [5, 5.41) is 0.666. The van der Waals surface area contributed by atoms with Gasteiger partial charge in [-0.2, -0.15) is 0 Å². The Balaban J connectivity index is 2.11. The highest BCUT2D eigenvalue weighted by atomic mass is 35.5. The molecule has 2 unspecified atom stereocenters. The third kappa shape index (κ3) is 3.13. The number of benzene rings is 1. The fourth-order valence-electron chi connectivity index (χ4n) is 1.80. The second-order valence-electron chi connectivity index (χ2n) is 4.19. The molecule has 0 aliphatic carbocycles. The maximum Gasteiger partial charge on any atom is 0.129 e. The first-order valence-corrected chi connectivity index (χ1v) is 6.20. The fourth-order valence-corrected chi connectivity index (χ4v) is 2.04. The van der Waals surface area contributed by atoms with Gasteiger partial charge in [-0.25, -0.2) is 0 Å². The van der Waals surface area contributed by atoms with Crippen LogP contribution in [0, 0.1) is 0 Å². The second kappa shape index (κ2) is 6.05. The fraction of sp³-hybridized carbons (Fsp3) is 0.286. The summed E-state index contributed by atoms with van der Waals surface area (Å²) in [6.45, 7) is 2.28. The number of furan rings is 1. The van der Waals surface area contributed by atoms with Crippen LogP contribution in [0.25, 0.3) is 0 Å². The van der Waals surface area contributed by atoms with Crippen LogP contribution in [-0.2, 0) is 11.3 Å². The van der Waals surface area contributed by atoms with Gasteiger partial charge in [-0.1, -0.05) is 29.8 Å². The van der Waals surface area contributed by atoms with Crippen molar-refractivity contribution >= 4 is 11.6 Å². The van der Waals surface area contributed by atoms with Crippen molar-refractivity contribution in [3.05, 3.63) is 59.0 Å². The van der Waals surface area contributed by atoms with Crippen LogP contribution >= 0.6 is 11.6 Å². The smallest absolute Gasteiger partial charge is 0.129 e. The first-order valence-electron chi connectivity index (χ1n) is 5.82. The summed E-state index contributed by atoms with van der Waals surface area (Å²) in [6.07, 6.45) is 1.37. The molecule has 18 heavy (non-hydrogen) atoms. The van der Waals surface area contributed by atoms with E-state index in [1.54, 1.807) is 6.26 Å². The van der Waals surface area contributed by atoms with E-state index in [-0.39, 0.29) is 12.1 Å². The molecule has 0 aliphatic heterocycles. The average Bonchev–Trinajstić information content (AvgIpc) is 2.84. The minimum absolute atomic E-state index is 0.153. The molecule has 96 valence electrons. The first kappa shape index (κ1) is 13.1. The Kier molecular flexibility index (Phi) is 4.42. The Hall–Kier alpha value is -1.29. The zero-order chi connectivity index (χ0) is 13.0. The number of nitrogens with two attached hydrogens (primary N) is 1. The van der Waals surface area contributed by atoms with E-state index < -0.39 is 0 Å². The monoisotopic (exact) mass is 265 g/mol. The van der Waals surface area contributed by atoms with Gasteiger partial charge < -0.3 is 14.9 Å². The van der Waals surface area contributed by atoms with E-state index in [0.29, 0.717) is 11.6 Å². The second-order valence-corrected chi connectivity index (χ2v) is 4.60. The van der Waals surface area contributed by atoms with Crippen molar-refractivity contribution in [2.75, 3.05) is 0 Å². The number of halogens is 1. The minimum Gasteiger partial charge on any atom is -0.467 e. The van der Waals surface area contributed by atoms with Gasteiger partial charge in [0.25, 0.3) is 0 Å². The largest absolute Gasteiger partial charge is 0.467 e. The first-order chi connectivity index (χ1) is 8.68. The molecule has 0 bridgehead atoms. The molecule has 0 aliphatic rings. The highest BCUT2D eigenvalue weighted by molar-refractivity contribution is 6.31. The van der Waals surface area contributed by atoms with Crippen LogP contribution in [0.1, 0.15) is 24.4 Å². The van der Waals surface area contributed by atoms with E-state index in [9.17, 15) is 0 Å². The molecule has 0 spiro atoms. The van der Waals surface area contributed by atoms with Gasteiger partial charge in [0.2, 0.25) is 0 Å². The quantitative estimate of drug-likeness (QED) is 0.900. The van der Waals surface area contributed by atoms with E-state index in [1.165, 1.54) is 0 Å². The van der Waals surface area contributed by atoms with Gasteiger partial charge in [-0.15, -0.1) is 0 Å². The van der Waals surface area contributed by atoms with Crippen LogP contribution in [0.5, 0.6) is 0 Å². The van der Waals surface area contributed by atoms with Gasteiger partial charge in [0.05, 0.1) is 12.4 Å². The molecule has 2 N–H and O–H groups in total. The van der Waals surface area contributed by atoms with Gasteiger partial charge in [0.15, 0.2) is 0 Å². The lowest BCUT2D eigenvalue weighted by atomic mass is 10.0. The molecular formula is C14H16ClNO2. The lowest BCUT2D eigenvalue weighted by Gasteiger charge is -2.22. The van der Waals surface area contributed by atoms with Crippen LogP contribution in [0.2, 0.25) is 5.02 Å². The molecule has 4 heteroatoms. The van der Waals surface area contributed by atoms with Crippen molar-refractivity contribution < 1.29 is 9.15 Å². The zero-order valence-electron chi connectivity index (χ0n) is 10.2. The predicted octanol–water partition coefficient (Wildman–Crippen LogP) is 3.54. The lowest BCUT2D eigenvalue weighted by Crippen LogP contribution is -2.27. The van der Waals surface area contributed by atoms with Crippen LogP contribution < -0.4 is 5.73 Å². The molecule has 3 nitrogen and oxygen atoms in total. The van der Waals surface area contributed by atoms with E-state index in [2.05, 4.69) is 0 Å². The van der Waals surface area contributed by atoms with Crippen molar-refractivity contribution in [3.8, 4) is 0 Å². The van der Waals surface area contributed by atoms with Gasteiger partial charge in [0.1, 0.15) is 12.4 Å². The number of hydrogen-bond acceptors (Lipinski definition) is 3. The molecule has 0 radical (unpaired) electrons. The minimum atomic E-state index is -0.246. The molecule has 0 fully saturated rings. The van der Waals surface area contributed by atoms with E-state index in [1.807, 2.05) is 43.3 Å². The van der Waals surface area contributed by atoms with Gasteiger partial charge in [0, 0.05) is 16.6 Å². The van der Waals surface area contributed by atoms with Crippen LogP contribution in [-0.4, -0.2) is 6.04 Å². The molecule has 0 saturated heterocycles. The van der Waals surface area contributed by atoms with Crippen molar-refractivity contribution in [1.82, 2.24) is 0 Å². The summed E-state index contributed by atoms with van der Waals surface area (Å²) < 4.78 is 11.0. The zero-order valence-corrected chi connectivity index (χ0v) is 10.9. The summed E-state index contributed by atoms with van der Waals surface area (Å²) in [4.78, 5) is 0. The van der Waals surface area contributed by atoms with Gasteiger partial charge in [-0.05, 0) is 25.1 Å². The summed E-state index contributed by atoms with van der Waals surface area (Å²) in [7, 11) is 0. The Bertz CT molecular complexity index is 482. The summed E-state index contributed by atoms with van der Waals surface area (Å²) in [5.74, 6) is 0.771. The molecule has 0 saturated carbocycles. The molecule has 2 aromatic rings.